The molecule has 0 heterocycles. The molecule has 0 spiro atoms. The fourth-order valence-corrected chi connectivity index (χ4v) is 3.63. The number of rotatable bonds is 1. The summed E-state index contributed by atoms with van der Waals surface area (Å²) in [5.74, 6) is 3.24. The standard InChI is InChI=1S/C12H11NO/c13-12(14)5-1-2-6-7(3-5)8-4-9-10(6)11(8)9/h1-3,8-11H,4H2,(H2,13,14)/t8-,9-,10-,11+/m1/s1. The molecular weight excluding hydrogens is 174 g/mol. The summed E-state index contributed by atoms with van der Waals surface area (Å²) in [6, 6.07) is 6.01. The quantitative estimate of drug-likeness (QED) is 0.709. The van der Waals surface area contributed by atoms with E-state index in [0.29, 0.717) is 5.56 Å². The maximum absolute atomic E-state index is 11.0. The lowest BCUT2D eigenvalue weighted by atomic mass is 9.78. The van der Waals surface area contributed by atoms with Gasteiger partial charge in [-0.05, 0) is 53.4 Å². The molecule has 14 heavy (non-hydrogen) atoms. The van der Waals surface area contributed by atoms with Crippen LogP contribution in [0.1, 0.15) is 39.7 Å². The van der Waals surface area contributed by atoms with Gasteiger partial charge in [0, 0.05) is 5.56 Å². The van der Waals surface area contributed by atoms with E-state index in [1.54, 1.807) is 0 Å². The Hall–Kier alpha value is -1.31. The van der Waals surface area contributed by atoms with Crippen molar-refractivity contribution in [3.8, 4) is 0 Å². The fourth-order valence-electron chi connectivity index (χ4n) is 3.63. The zero-order valence-corrected chi connectivity index (χ0v) is 7.73. The number of benzene rings is 1. The molecule has 0 radical (unpaired) electrons. The SMILES string of the molecule is NC(=O)c1ccc2c(c1)[C@H]1C[C@@H]3[C@@H]2[C@H]31. The lowest BCUT2D eigenvalue weighted by molar-refractivity contribution is 0.1000. The van der Waals surface area contributed by atoms with E-state index in [-0.39, 0.29) is 5.91 Å². The first-order chi connectivity index (χ1) is 6.77. The van der Waals surface area contributed by atoms with Crippen molar-refractivity contribution in [1.82, 2.24) is 0 Å². The second-order valence-electron chi connectivity index (χ2n) is 4.82. The molecule has 0 aliphatic heterocycles. The molecule has 3 aliphatic carbocycles. The van der Waals surface area contributed by atoms with Crippen molar-refractivity contribution in [2.75, 3.05) is 0 Å². The smallest absolute Gasteiger partial charge is 0.248 e. The van der Waals surface area contributed by atoms with Crippen LogP contribution in [0, 0.1) is 11.8 Å². The molecule has 0 saturated heterocycles. The minimum Gasteiger partial charge on any atom is -0.366 e. The Balaban J connectivity index is 1.90. The number of hydrogen-bond acceptors (Lipinski definition) is 1. The van der Waals surface area contributed by atoms with Crippen LogP contribution in [-0.2, 0) is 0 Å². The number of primary amides is 1. The number of fused-ring (bicyclic) bond motifs is 4. The minimum absolute atomic E-state index is 0.302. The number of hydrogen-bond donors (Lipinski definition) is 1. The number of nitrogens with two attached hydrogens (primary N) is 1. The first-order valence-electron chi connectivity index (χ1n) is 5.21. The molecule has 4 rings (SSSR count). The third-order valence-electron chi connectivity index (χ3n) is 4.35. The second kappa shape index (κ2) is 1.88. The molecule has 1 aromatic rings. The van der Waals surface area contributed by atoms with Crippen LogP contribution in [0.25, 0.3) is 0 Å². The Labute approximate surface area is 82.1 Å². The van der Waals surface area contributed by atoms with E-state index >= 15 is 0 Å². The molecule has 0 aromatic heterocycles. The van der Waals surface area contributed by atoms with Gasteiger partial charge in [0.15, 0.2) is 0 Å². The van der Waals surface area contributed by atoms with E-state index in [0.717, 1.165) is 23.7 Å². The van der Waals surface area contributed by atoms with Crippen molar-refractivity contribution in [3.63, 3.8) is 0 Å². The van der Waals surface area contributed by atoms with Gasteiger partial charge in [0.05, 0.1) is 0 Å². The first-order valence-corrected chi connectivity index (χ1v) is 5.21. The van der Waals surface area contributed by atoms with Crippen molar-refractivity contribution in [3.05, 3.63) is 34.9 Å². The van der Waals surface area contributed by atoms with E-state index < -0.39 is 0 Å². The fraction of sp³-hybridized carbons (Fsp3) is 0.417. The maximum atomic E-state index is 11.0. The zero-order valence-electron chi connectivity index (χ0n) is 7.73. The number of carbonyl (C=O) groups excluding carboxylic acids is 1. The molecule has 2 heteroatoms. The minimum atomic E-state index is -0.302. The predicted octanol–water partition coefficient (Wildman–Crippen LogP) is 1.62. The average molecular weight is 185 g/mol. The van der Waals surface area contributed by atoms with Gasteiger partial charge in [-0.2, -0.15) is 0 Å². The summed E-state index contributed by atoms with van der Waals surface area (Å²) in [7, 11) is 0. The van der Waals surface area contributed by atoms with Gasteiger partial charge in [0.1, 0.15) is 0 Å². The van der Waals surface area contributed by atoms with Crippen LogP contribution >= 0.6 is 0 Å². The van der Waals surface area contributed by atoms with Gasteiger partial charge in [0.2, 0.25) is 5.91 Å². The van der Waals surface area contributed by atoms with E-state index in [9.17, 15) is 4.79 Å². The molecule has 3 aliphatic rings. The Morgan fingerprint density at radius 1 is 1.36 bits per heavy atom. The summed E-state index contributed by atoms with van der Waals surface area (Å²) in [4.78, 5) is 11.0. The number of amides is 1. The zero-order chi connectivity index (χ0) is 9.45. The Bertz CT molecular complexity index is 465. The molecule has 2 fully saturated rings. The molecule has 0 bridgehead atoms. The van der Waals surface area contributed by atoms with Crippen LogP contribution in [0.5, 0.6) is 0 Å². The van der Waals surface area contributed by atoms with Crippen molar-refractivity contribution < 1.29 is 4.79 Å². The highest BCUT2D eigenvalue weighted by Crippen LogP contribution is 2.78. The van der Waals surface area contributed by atoms with Crippen LogP contribution in [-0.4, -0.2) is 5.91 Å². The number of carbonyl (C=O) groups is 1. The highest BCUT2D eigenvalue weighted by molar-refractivity contribution is 5.93. The van der Waals surface area contributed by atoms with Gasteiger partial charge in [0.25, 0.3) is 0 Å². The molecule has 4 atom stereocenters. The van der Waals surface area contributed by atoms with Gasteiger partial charge in [-0.25, -0.2) is 0 Å². The lowest BCUT2D eigenvalue weighted by Gasteiger charge is -2.26. The highest BCUT2D eigenvalue weighted by atomic mass is 16.1. The van der Waals surface area contributed by atoms with Crippen LogP contribution in [0.15, 0.2) is 18.2 Å². The van der Waals surface area contributed by atoms with Crippen molar-refractivity contribution >= 4 is 5.91 Å². The van der Waals surface area contributed by atoms with Crippen LogP contribution in [0.4, 0.5) is 0 Å². The third-order valence-corrected chi connectivity index (χ3v) is 4.35. The second-order valence-corrected chi connectivity index (χ2v) is 4.82. The topological polar surface area (TPSA) is 43.1 Å². The van der Waals surface area contributed by atoms with Gasteiger partial charge >= 0.3 is 0 Å². The molecule has 70 valence electrons. The molecule has 1 aromatic carbocycles. The lowest BCUT2D eigenvalue weighted by Crippen LogP contribution is -2.17. The molecule has 2 N–H and O–H groups in total. The van der Waals surface area contributed by atoms with Gasteiger partial charge in [-0.3, -0.25) is 4.79 Å². The first kappa shape index (κ1) is 7.04. The Kier molecular flexibility index (Phi) is 0.944. The summed E-state index contributed by atoms with van der Waals surface area (Å²) in [5.41, 5.74) is 8.86. The third kappa shape index (κ3) is 0.578. The predicted molar refractivity (Wildman–Crippen MR) is 52.0 cm³/mol. The normalized spacial score (nSPS) is 39.7. The van der Waals surface area contributed by atoms with Crippen molar-refractivity contribution in [2.45, 2.75) is 18.3 Å². The van der Waals surface area contributed by atoms with Crippen molar-refractivity contribution in [1.29, 1.82) is 0 Å². The van der Waals surface area contributed by atoms with E-state index in [4.69, 9.17) is 5.73 Å². The van der Waals surface area contributed by atoms with Gasteiger partial charge in [-0.15, -0.1) is 0 Å². The Morgan fingerprint density at radius 2 is 2.21 bits per heavy atom. The largest absolute Gasteiger partial charge is 0.366 e. The summed E-state index contributed by atoms with van der Waals surface area (Å²) >= 11 is 0. The summed E-state index contributed by atoms with van der Waals surface area (Å²) in [5, 5.41) is 0. The molecular formula is C12H11NO. The highest BCUT2D eigenvalue weighted by Gasteiger charge is 2.68. The summed E-state index contributed by atoms with van der Waals surface area (Å²) in [6.07, 6.45) is 1.35. The maximum Gasteiger partial charge on any atom is 0.248 e. The van der Waals surface area contributed by atoms with E-state index in [1.165, 1.54) is 17.5 Å². The van der Waals surface area contributed by atoms with Crippen LogP contribution < -0.4 is 5.73 Å². The van der Waals surface area contributed by atoms with Gasteiger partial charge in [-0.1, -0.05) is 6.07 Å². The van der Waals surface area contributed by atoms with Crippen molar-refractivity contribution in [2.24, 2.45) is 17.6 Å². The molecule has 2 nitrogen and oxygen atoms in total. The Morgan fingerprint density at radius 3 is 3.00 bits per heavy atom. The average Bonchev–Trinajstić information content (AvgIpc) is 2.62. The monoisotopic (exact) mass is 185 g/mol. The summed E-state index contributed by atoms with van der Waals surface area (Å²) in [6.45, 7) is 0. The molecule has 2 saturated carbocycles. The van der Waals surface area contributed by atoms with E-state index in [1.807, 2.05) is 12.1 Å². The molecule has 0 unspecified atom stereocenters. The van der Waals surface area contributed by atoms with Gasteiger partial charge < -0.3 is 5.73 Å². The summed E-state index contributed by atoms with van der Waals surface area (Å²) < 4.78 is 0. The van der Waals surface area contributed by atoms with Crippen LogP contribution in [0.3, 0.4) is 0 Å². The molecule has 1 amide bonds. The van der Waals surface area contributed by atoms with Crippen LogP contribution in [0.2, 0.25) is 0 Å². The van der Waals surface area contributed by atoms with E-state index in [2.05, 4.69) is 6.07 Å².